The fourth-order valence-electron chi connectivity index (χ4n) is 3.90. The van der Waals surface area contributed by atoms with Crippen LogP contribution in [0.4, 0.5) is 4.39 Å². The highest BCUT2D eigenvalue weighted by atomic mass is 19.1. The quantitative estimate of drug-likeness (QED) is 0.850. The van der Waals surface area contributed by atoms with Crippen molar-refractivity contribution in [2.24, 2.45) is 5.41 Å². The molecule has 0 bridgehead atoms. The number of nitrogens with one attached hydrogen (secondary N) is 1. The van der Waals surface area contributed by atoms with Crippen molar-refractivity contribution in [3.8, 4) is 0 Å². The maximum Gasteiger partial charge on any atom is 0.123 e. The minimum atomic E-state index is -0.126. The smallest absolute Gasteiger partial charge is 0.123 e. The van der Waals surface area contributed by atoms with Gasteiger partial charge in [0.1, 0.15) is 5.82 Å². The molecule has 2 heteroatoms. The van der Waals surface area contributed by atoms with Crippen LogP contribution in [-0.4, -0.2) is 13.1 Å². The van der Waals surface area contributed by atoms with E-state index in [1.807, 2.05) is 13.0 Å². The summed E-state index contributed by atoms with van der Waals surface area (Å²) in [6, 6.07) is 5.85. The summed E-state index contributed by atoms with van der Waals surface area (Å²) < 4.78 is 13.2. The Hall–Kier alpha value is -0.890. The van der Waals surface area contributed by atoms with Crippen LogP contribution < -0.4 is 5.32 Å². The maximum absolute atomic E-state index is 13.2. The van der Waals surface area contributed by atoms with Gasteiger partial charge >= 0.3 is 0 Å². The molecule has 0 spiro atoms. The zero-order chi connectivity index (χ0) is 13.3. The van der Waals surface area contributed by atoms with Gasteiger partial charge in [0.2, 0.25) is 0 Å². The Morgan fingerprint density at radius 3 is 2.50 bits per heavy atom. The molecule has 0 saturated heterocycles. The second-order valence-corrected chi connectivity index (χ2v) is 5.57. The third-order valence-electron chi connectivity index (χ3n) is 5.13. The fourth-order valence-corrected chi connectivity index (χ4v) is 3.90. The third kappa shape index (κ3) is 1.87. The van der Waals surface area contributed by atoms with E-state index in [0.717, 1.165) is 5.56 Å². The molecule has 1 fully saturated rings. The molecule has 1 N–H and O–H groups in total. The van der Waals surface area contributed by atoms with Crippen LogP contribution in [0.25, 0.3) is 0 Å². The van der Waals surface area contributed by atoms with Gasteiger partial charge in [-0.2, -0.15) is 0 Å². The number of halogens is 1. The van der Waals surface area contributed by atoms with Crippen molar-refractivity contribution in [1.82, 2.24) is 5.32 Å². The van der Waals surface area contributed by atoms with Crippen LogP contribution >= 0.6 is 0 Å². The van der Waals surface area contributed by atoms with E-state index in [4.69, 9.17) is 0 Å². The van der Waals surface area contributed by atoms with Gasteiger partial charge in [-0.25, -0.2) is 4.39 Å². The van der Waals surface area contributed by atoms with Crippen LogP contribution in [0.3, 0.4) is 0 Å². The molecule has 18 heavy (non-hydrogen) atoms. The molecule has 1 aromatic rings. The lowest BCUT2D eigenvalue weighted by atomic mass is 9.51. The molecule has 2 rings (SSSR count). The Labute approximate surface area is 110 Å². The summed E-state index contributed by atoms with van der Waals surface area (Å²) in [6.07, 6.45) is 3.53. The second kappa shape index (κ2) is 5.00. The zero-order valence-corrected chi connectivity index (χ0v) is 11.9. The highest BCUT2D eigenvalue weighted by Crippen LogP contribution is 2.57. The third-order valence-corrected chi connectivity index (χ3v) is 5.13. The minimum absolute atomic E-state index is 0.126. The topological polar surface area (TPSA) is 12.0 Å². The maximum atomic E-state index is 13.2. The van der Waals surface area contributed by atoms with E-state index in [1.165, 1.54) is 24.8 Å². The van der Waals surface area contributed by atoms with E-state index in [0.29, 0.717) is 17.4 Å². The molecule has 100 valence electrons. The normalized spacial score (nSPS) is 25.8. The monoisotopic (exact) mass is 249 g/mol. The van der Waals surface area contributed by atoms with Crippen LogP contribution in [0.15, 0.2) is 18.2 Å². The molecule has 1 aliphatic rings. The number of rotatable bonds is 4. The lowest BCUT2D eigenvalue weighted by Gasteiger charge is -2.56. The highest BCUT2D eigenvalue weighted by Gasteiger charge is 2.52. The summed E-state index contributed by atoms with van der Waals surface area (Å²) in [4.78, 5) is 0. The summed E-state index contributed by atoms with van der Waals surface area (Å²) in [6.45, 7) is 6.58. The molecule has 1 nitrogen and oxygen atoms in total. The first-order valence-electron chi connectivity index (χ1n) is 7.02. The summed E-state index contributed by atoms with van der Waals surface area (Å²) in [5, 5.41) is 3.45. The van der Waals surface area contributed by atoms with Gasteiger partial charge < -0.3 is 5.32 Å². The first kappa shape index (κ1) is 13.5. The average Bonchev–Trinajstić information content (AvgIpc) is 2.33. The van der Waals surface area contributed by atoms with E-state index >= 15 is 0 Å². The van der Waals surface area contributed by atoms with E-state index in [-0.39, 0.29) is 5.82 Å². The minimum Gasteiger partial charge on any atom is -0.316 e. The average molecular weight is 249 g/mol. The van der Waals surface area contributed by atoms with Gasteiger partial charge in [0.25, 0.3) is 0 Å². The molecule has 1 aromatic carbocycles. The predicted molar refractivity (Wildman–Crippen MR) is 74.4 cm³/mol. The van der Waals surface area contributed by atoms with Crippen LogP contribution in [0, 0.1) is 18.2 Å². The van der Waals surface area contributed by atoms with Gasteiger partial charge in [0, 0.05) is 6.04 Å². The standard InChI is InChI=1S/C16H24FN/c1-5-16(6-2)14(10-15(16)18-4)13-8-7-12(17)9-11(13)3/h7-9,14-15,18H,5-6,10H2,1-4H3. The molecule has 0 radical (unpaired) electrons. The summed E-state index contributed by atoms with van der Waals surface area (Å²) >= 11 is 0. The van der Waals surface area contributed by atoms with Crippen molar-refractivity contribution < 1.29 is 4.39 Å². The van der Waals surface area contributed by atoms with Crippen molar-refractivity contribution in [3.05, 3.63) is 35.1 Å². The Morgan fingerprint density at radius 1 is 1.33 bits per heavy atom. The number of hydrogen-bond donors (Lipinski definition) is 1. The molecule has 0 aliphatic heterocycles. The SMILES string of the molecule is CCC1(CC)C(NC)CC1c1ccc(F)cc1C. The van der Waals surface area contributed by atoms with Crippen LogP contribution in [-0.2, 0) is 0 Å². The Kier molecular flexibility index (Phi) is 3.76. The van der Waals surface area contributed by atoms with Crippen LogP contribution in [0.1, 0.15) is 50.2 Å². The first-order valence-corrected chi connectivity index (χ1v) is 7.02. The zero-order valence-electron chi connectivity index (χ0n) is 11.9. The fraction of sp³-hybridized carbons (Fsp3) is 0.625. The Balaban J connectivity index is 2.34. The first-order chi connectivity index (χ1) is 8.58. The summed E-state index contributed by atoms with van der Waals surface area (Å²) in [5.74, 6) is 0.449. The highest BCUT2D eigenvalue weighted by molar-refractivity contribution is 5.35. The summed E-state index contributed by atoms with van der Waals surface area (Å²) in [5.41, 5.74) is 2.78. The molecule has 0 heterocycles. The van der Waals surface area contributed by atoms with Gasteiger partial charge in [-0.15, -0.1) is 0 Å². The molecule has 0 amide bonds. The largest absolute Gasteiger partial charge is 0.316 e. The molecule has 0 aromatic heterocycles. The lowest BCUT2D eigenvalue weighted by Crippen LogP contribution is -2.57. The molecule has 1 aliphatic carbocycles. The Morgan fingerprint density at radius 2 is 2.00 bits per heavy atom. The molecule has 2 atom stereocenters. The van der Waals surface area contributed by atoms with Gasteiger partial charge in [-0.3, -0.25) is 0 Å². The van der Waals surface area contributed by atoms with Gasteiger partial charge in [-0.05, 0) is 67.8 Å². The van der Waals surface area contributed by atoms with E-state index in [9.17, 15) is 4.39 Å². The van der Waals surface area contributed by atoms with E-state index in [2.05, 4.69) is 26.2 Å². The molecule has 2 unspecified atom stereocenters. The van der Waals surface area contributed by atoms with Crippen LogP contribution in [0.2, 0.25) is 0 Å². The van der Waals surface area contributed by atoms with Gasteiger partial charge in [0.15, 0.2) is 0 Å². The van der Waals surface area contributed by atoms with E-state index < -0.39 is 0 Å². The van der Waals surface area contributed by atoms with Crippen molar-refractivity contribution in [3.63, 3.8) is 0 Å². The number of hydrogen-bond acceptors (Lipinski definition) is 1. The number of benzene rings is 1. The van der Waals surface area contributed by atoms with Gasteiger partial charge in [-0.1, -0.05) is 19.9 Å². The second-order valence-electron chi connectivity index (χ2n) is 5.57. The van der Waals surface area contributed by atoms with E-state index in [1.54, 1.807) is 12.1 Å². The molecular formula is C16H24FN. The predicted octanol–water partition coefficient (Wildman–Crippen LogP) is 4.02. The molecular weight excluding hydrogens is 225 g/mol. The van der Waals surface area contributed by atoms with Crippen LogP contribution in [0.5, 0.6) is 0 Å². The summed E-state index contributed by atoms with van der Waals surface area (Å²) in [7, 11) is 2.05. The van der Waals surface area contributed by atoms with Gasteiger partial charge in [0.05, 0.1) is 0 Å². The van der Waals surface area contributed by atoms with Crippen molar-refractivity contribution in [2.45, 2.75) is 52.0 Å². The number of aryl methyl sites for hydroxylation is 1. The van der Waals surface area contributed by atoms with Crippen molar-refractivity contribution in [1.29, 1.82) is 0 Å². The molecule has 1 saturated carbocycles. The Bertz CT molecular complexity index is 423. The van der Waals surface area contributed by atoms with Crippen molar-refractivity contribution in [2.75, 3.05) is 7.05 Å². The van der Waals surface area contributed by atoms with Crippen molar-refractivity contribution >= 4 is 0 Å². The lowest BCUT2D eigenvalue weighted by molar-refractivity contribution is 0.0242.